The lowest BCUT2D eigenvalue weighted by atomic mass is 10.0. The van der Waals surface area contributed by atoms with Crippen LogP contribution in [0.15, 0.2) is 60.8 Å². The molecule has 90 heavy (non-hydrogen) atoms. The van der Waals surface area contributed by atoms with Gasteiger partial charge in [0.2, 0.25) is 0 Å². The summed E-state index contributed by atoms with van der Waals surface area (Å²) in [5.41, 5.74) is 0. The summed E-state index contributed by atoms with van der Waals surface area (Å²) in [4.78, 5) is 24.7. The van der Waals surface area contributed by atoms with Crippen LogP contribution in [0.2, 0.25) is 0 Å². The minimum absolute atomic E-state index is 0.0589. The molecule has 0 aliphatic heterocycles. The summed E-state index contributed by atoms with van der Waals surface area (Å²) >= 11 is 0. The normalized spacial score (nSPS) is 12.4. The van der Waals surface area contributed by atoms with E-state index in [0.29, 0.717) is 12.8 Å². The van der Waals surface area contributed by atoms with Crippen molar-refractivity contribution in [3.63, 3.8) is 0 Å². The van der Waals surface area contributed by atoms with Gasteiger partial charge >= 0.3 is 11.9 Å². The number of carbonyl (C=O) groups excluding carboxylic acids is 2. The van der Waals surface area contributed by atoms with Crippen molar-refractivity contribution in [1.29, 1.82) is 0 Å². The van der Waals surface area contributed by atoms with Crippen molar-refractivity contribution in [1.82, 2.24) is 0 Å². The Labute approximate surface area is 563 Å². The van der Waals surface area contributed by atoms with Crippen molar-refractivity contribution in [2.24, 2.45) is 0 Å². The van der Waals surface area contributed by atoms with Crippen LogP contribution in [0, 0.1) is 0 Å². The fraction of sp³-hybridized carbons (Fsp3) is 0.859. The molecule has 0 bridgehead atoms. The van der Waals surface area contributed by atoms with E-state index in [0.717, 1.165) is 57.8 Å². The summed E-state index contributed by atoms with van der Waals surface area (Å²) in [7, 11) is 0. The molecule has 0 aromatic carbocycles. The molecule has 0 aliphatic rings. The number of allylic oxidation sites excluding steroid dienone is 10. The summed E-state index contributed by atoms with van der Waals surface area (Å²) in [5, 5.41) is 9.73. The summed E-state index contributed by atoms with van der Waals surface area (Å²) in [5.74, 6) is -0.562. The molecule has 0 saturated carbocycles. The molecule has 0 heterocycles. The highest BCUT2D eigenvalue weighted by Gasteiger charge is 2.16. The Hall–Kier alpha value is -2.40. The van der Waals surface area contributed by atoms with Crippen LogP contribution in [0.4, 0.5) is 0 Å². The molecule has 1 unspecified atom stereocenters. The van der Waals surface area contributed by atoms with E-state index in [1.165, 1.54) is 366 Å². The van der Waals surface area contributed by atoms with Crippen molar-refractivity contribution in [3.05, 3.63) is 60.8 Å². The zero-order valence-corrected chi connectivity index (χ0v) is 60.9. The molecule has 5 nitrogen and oxygen atoms in total. The van der Waals surface area contributed by atoms with Crippen LogP contribution in [-0.4, -0.2) is 36.4 Å². The van der Waals surface area contributed by atoms with Gasteiger partial charge in [-0.25, -0.2) is 0 Å². The third kappa shape index (κ3) is 78.0. The Morgan fingerprint density at radius 1 is 0.267 bits per heavy atom. The van der Waals surface area contributed by atoms with Crippen LogP contribution in [-0.2, 0) is 19.1 Å². The number of rotatable bonds is 77. The third-order valence-corrected chi connectivity index (χ3v) is 18.8. The lowest BCUT2D eigenvalue weighted by Gasteiger charge is -2.15. The lowest BCUT2D eigenvalue weighted by Crippen LogP contribution is -2.28. The van der Waals surface area contributed by atoms with Gasteiger partial charge in [0.25, 0.3) is 0 Å². The van der Waals surface area contributed by atoms with Crippen molar-refractivity contribution in [2.75, 3.05) is 13.2 Å². The molecule has 0 amide bonds. The molecule has 0 spiro atoms. The van der Waals surface area contributed by atoms with E-state index in [4.69, 9.17) is 9.47 Å². The second-order valence-electron chi connectivity index (χ2n) is 27.8. The standard InChI is InChI=1S/C85H158O5/c1-3-5-7-9-11-13-15-17-19-21-23-25-27-29-31-33-35-37-39-41-42-44-46-48-50-52-54-56-58-60-62-64-66-68-70-72-74-76-78-80-85(88)90-83(81-86)82-89-84(87)79-77-75-73-71-69-67-65-63-61-59-57-55-53-51-49-47-45-43-40-38-36-34-32-30-28-26-24-22-20-18-16-14-12-10-8-6-4-2/h5,7,11,13,17,19,22-25,83,86H,3-4,6,8-10,12,14-16,18,20-21,26-82H2,1-2H3/b7-5-,13-11-,19-17-,24-22-,25-23-. The first-order valence-electron chi connectivity index (χ1n) is 40.8. The minimum atomic E-state index is -0.771. The zero-order valence-electron chi connectivity index (χ0n) is 60.9. The third-order valence-electron chi connectivity index (χ3n) is 18.8. The number of ether oxygens (including phenoxy) is 2. The van der Waals surface area contributed by atoms with Crippen LogP contribution < -0.4 is 0 Å². The van der Waals surface area contributed by atoms with Gasteiger partial charge < -0.3 is 14.6 Å². The zero-order chi connectivity index (χ0) is 64.7. The number of esters is 2. The van der Waals surface area contributed by atoms with Crippen LogP contribution in [0.1, 0.15) is 450 Å². The Kier molecular flexibility index (Phi) is 78.7. The monoisotopic (exact) mass is 1260 g/mol. The van der Waals surface area contributed by atoms with Crippen LogP contribution in [0.25, 0.3) is 0 Å². The van der Waals surface area contributed by atoms with E-state index in [-0.39, 0.29) is 25.2 Å². The number of aliphatic hydroxyl groups is 1. The van der Waals surface area contributed by atoms with Crippen LogP contribution >= 0.6 is 0 Å². The summed E-state index contributed by atoms with van der Waals surface area (Å²) in [6, 6.07) is 0. The molecule has 1 N–H and O–H groups in total. The van der Waals surface area contributed by atoms with E-state index in [9.17, 15) is 14.7 Å². The quantitative estimate of drug-likeness (QED) is 0.0373. The van der Waals surface area contributed by atoms with Gasteiger partial charge in [-0.3, -0.25) is 9.59 Å². The highest BCUT2D eigenvalue weighted by atomic mass is 16.6. The van der Waals surface area contributed by atoms with Gasteiger partial charge in [-0.15, -0.1) is 0 Å². The summed E-state index contributed by atoms with van der Waals surface area (Å²) in [6.45, 7) is 4.09. The van der Waals surface area contributed by atoms with Gasteiger partial charge in [-0.1, -0.05) is 421 Å². The highest BCUT2D eigenvalue weighted by molar-refractivity contribution is 5.70. The van der Waals surface area contributed by atoms with Crippen molar-refractivity contribution in [3.8, 4) is 0 Å². The van der Waals surface area contributed by atoms with E-state index in [2.05, 4.69) is 74.6 Å². The van der Waals surface area contributed by atoms with Gasteiger partial charge in [0, 0.05) is 12.8 Å². The van der Waals surface area contributed by atoms with E-state index >= 15 is 0 Å². The molecule has 5 heteroatoms. The number of unbranched alkanes of at least 4 members (excludes halogenated alkanes) is 59. The maximum absolute atomic E-state index is 12.4. The molecule has 0 rings (SSSR count). The lowest BCUT2D eigenvalue weighted by molar-refractivity contribution is -0.161. The fourth-order valence-corrected chi connectivity index (χ4v) is 12.7. The van der Waals surface area contributed by atoms with Gasteiger partial charge in [0.15, 0.2) is 6.10 Å². The smallest absolute Gasteiger partial charge is 0.306 e. The van der Waals surface area contributed by atoms with Gasteiger partial charge in [-0.05, 0) is 77.0 Å². The first-order valence-corrected chi connectivity index (χ1v) is 40.8. The maximum atomic E-state index is 12.4. The minimum Gasteiger partial charge on any atom is -0.462 e. The van der Waals surface area contributed by atoms with Gasteiger partial charge in [0.1, 0.15) is 6.61 Å². The first kappa shape index (κ1) is 87.6. The molecular weight excluding hydrogens is 1100 g/mol. The number of aliphatic hydroxyl groups excluding tert-OH is 1. The van der Waals surface area contributed by atoms with E-state index in [1.54, 1.807) is 0 Å². The molecule has 0 aromatic rings. The van der Waals surface area contributed by atoms with E-state index < -0.39 is 6.10 Å². The molecule has 1 atom stereocenters. The molecule has 528 valence electrons. The number of carbonyl (C=O) groups is 2. The van der Waals surface area contributed by atoms with Gasteiger partial charge in [0.05, 0.1) is 6.61 Å². The molecule has 0 aliphatic carbocycles. The Morgan fingerprint density at radius 3 is 0.733 bits per heavy atom. The van der Waals surface area contributed by atoms with Crippen LogP contribution in [0.5, 0.6) is 0 Å². The molecule has 0 radical (unpaired) electrons. The van der Waals surface area contributed by atoms with Crippen molar-refractivity contribution in [2.45, 2.75) is 457 Å². The predicted octanol–water partition coefficient (Wildman–Crippen LogP) is 28.8. The highest BCUT2D eigenvalue weighted by Crippen LogP contribution is 2.20. The number of hydrogen-bond donors (Lipinski definition) is 1. The van der Waals surface area contributed by atoms with E-state index in [1.807, 2.05) is 0 Å². The molecule has 0 fully saturated rings. The first-order chi connectivity index (χ1) is 44.6. The average molecular weight is 1260 g/mol. The Balaban J connectivity index is 3.36. The molecular formula is C85H158O5. The Morgan fingerprint density at radius 2 is 0.478 bits per heavy atom. The fourth-order valence-electron chi connectivity index (χ4n) is 12.7. The Bertz CT molecular complexity index is 1520. The second kappa shape index (κ2) is 80.8. The number of hydrogen-bond acceptors (Lipinski definition) is 5. The topological polar surface area (TPSA) is 72.8 Å². The van der Waals surface area contributed by atoms with Crippen LogP contribution in [0.3, 0.4) is 0 Å². The molecule has 0 saturated heterocycles. The summed E-state index contributed by atoms with van der Waals surface area (Å²) in [6.07, 6.45) is 112. The predicted molar refractivity (Wildman–Crippen MR) is 399 cm³/mol. The average Bonchev–Trinajstić information content (AvgIpc) is 3.59. The SMILES string of the molecule is CC/C=C\C/C=C\C/C=C\C/C=C\CCCCCCCCCCCCCCCCCCCCCCCCCCCCC(=O)OC(CO)COC(=O)CCCCCCCCCCCCCCCCCCCCCCCCCCC/C=C\CCCCCCCCCC. The summed E-state index contributed by atoms with van der Waals surface area (Å²) < 4.78 is 10.8. The second-order valence-corrected chi connectivity index (χ2v) is 27.8. The van der Waals surface area contributed by atoms with Crippen molar-refractivity contribution >= 4 is 11.9 Å². The van der Waals surface area contributed by atoms with Crippen molar-refractivity contribution < 1.29 is 24.2 Å². The molecule has 0 aromatic heterocycles. The van der Waals surface area contributed by atoms with Gasteiger partial charge in [-0.2, -0.15) is 0 Å². The largest absolute Gasteiger partial charge is 0.462 e. The maximum Gasteiger partial charge on any atom is 0.306 e.